The van der Waals surface area contributed by atoms with E-state index in [1.165, 1.54) is 16.7 Å². The summed E-state index contributed by atoms with van der Waals surface area (Å²) in [5, 5.41) is 13.4. The summed E-state index contributed by atoms with van der Waals surface area (Å²) in [6, 6.07) is 12.6. The van der Waals surface area contributed by atoms with Gasteiger partial charge in [-0.2, -0.15) is 0 Å². The van der Waals surface area contributed by atoms with Gasteiger partial charge in [-0.3, -0.25) is 0 Å². The lowest BCUT2D eigenvalue weighted by atomic mass is 10.1. The zero-order chi connectivity index (χ0) is 13.4. The Kier molecular flexibility index (Phi) is 2.94. The van der Waals surface area contributed by atoms with Crippen LogP contribution in [0, 0.1) is 13.8 Å². The standard InChI is InChI=1S/C17H19NO/c1-11-6-7-13(10-12(11)2)18-16-9-8-15-14(16)4-3-5-17(15)19/h3-7,10,16,18-19H,8-9H2,1-2H3. The van der Waals surface area contributed by atoms with E-state index in [9.17, 15) is 5.11 Å². The number of phenolic OH excluding ortho intramolecular Hbond substituents is 1. The molecule has 0 aromatic heterocycles. The Morgan fingerprint density at radius 3 is 2.74 bits per heavy atom. The lowest BCUT2D eigenvalue weighted by Gasteiger charge is -2.16. The normalized spacial score (nSPS) is 17.3. The van der Waals surface area contributed by atoms with Crippen molar-refractivity contribution in [1.82, 2.24) is 0 Å². The maximum atomic E-state index is 9.87. The van der Waals surface area contributed by atoms with Crippen LogP contribution < -0.4 is 5.32 Å². The molecule has 1 aliphatic carbocycles. The average Bonchev–Trinajstić information content (AvgIpc) is 2.79. The number of nitrogens with one attached hydrogen (secondary N) is 1. The molecule has 1 atom stereocenters. The molecule has 0 aliphatic heterocycles. The maximum absolute atomic E-state index is 9.87. The van der Waals surface area contributed by atoms with Gasteiger partial charge in [0.25, 0.3) is 0 Å². The monoisotopic (exact) mass is 253 g/mol. The van der Waals surface area contributed by atoms with E-state index < -0.39 is 0 Å². The fourth-order valence-electron chi connectivity index (χ4n) is 2.82. The Labute approximate surface area is 114 Å². The van der Waals surface area contributed by atoms with Crippen LogP contribution in [0.2, 0.25) is 0 Å². The molecular formula is C17H19NO. The molecule has 1 unspecified atom stereocenters. The molecule has 0 fully saturated rings. The molecule has 0 heterocycles. The number of benzene rings is 2. The van der Waals surface area contributed by atoms with Gasteiger partial charge in [0.2, 0.25) is 0 Å². The summed E-state index contributed by atoms with van der Waals surface area (Å²) in [5.74, 6) is 0.432. The molecule has 2 heteroatoms. The van der Waals surface area contributed by atoms with Crippen molar-refractivity contribution in [2.75, 3.05) is 5.32 Å². The van der Waals surface area contributed by atoms with E-state index in [1.807, 2.05) is 6.07 Å². The number of anilines is 1. The summed E-state index contributed by atoms with van der Waals surface area (Å²) in [7, 11) is 0. The fourth-order valence-corrected chi connectivity index (χ4v) is 2.82. The second kappa shape index (κ2) is 4.61. The number of phenols is 1. The highest BCUT2D eigenvalue weighted by Gasteiger charge is 2.24. The Bertz CT molecular complexity index is 619. The predicted molar refractivity (Wildman–Crippen MR) is 78.7 cm³/mol. The summed E-state index contributed by atoms with van der Waals surface area (Å²) < 4.78 is 0. The molecule has 98 valence electrons. The predicted octanol–water partition coefficient (Wildman–Crippen LogP) is 4.11. The number of rotatable bonds is 2. The van der Waals surface area contributed by atoms with Gasteiger partial charge in [0.1, 0.15) is 5.75 Å². The minimum Gasteiger partial charge on any atom is -0.508 e. The van der Waals surface area contributed by atoms with Gasteiger partial charge >= 0.3 is 0 Å². The van der Waals surface area contributed by atoms with Crippen molar-refractivity contribution < 1.29 is 5.11 Å². The summed E-state index contributed by atoms with van der Waals surface area (Å²) in [6.45, 7) is 4.26. The van der Waals surface area contributed by atoms with Crippen molar-refractivity contribution in [3.63, 3.8) is 0 Å². The summed E-state index contributed by atoms with van der Waals surface area (Å²) in [4.78, 5) is 0. The van der Waals surface area contributed by atoms with Gasteiger partial charge in [-0.05, 0) is 67.1 Å². The molecule has 0 spiro atoms. The van der Waals surface area contributed by atoms with Crippen LogP contribution >= 0.6 is 0 Å². The lowest BCUT2D eigenvalue weighted by Crippen LogP contribution is -2.07. The highest BCUT2D eigenvalue weighted by Crippen LogP contribution is 2.38. The topological polar surface area (TPSA) is 32.3 Å². The van der Waals surface area contributed by atoms with Crippen LogP contribution in [0.4, 0.5) is 5.69 Å². The third-order valence-corrected chi connectivity index (χ3v) is 4.09. The first-order valence-corrected chi connectivity index (χ1v) is 6.79. The van der Waals surface area contributed by atoms with Crippen molar-refractivity contribution in [2.24, 2.45) is 0 Å². The second-order valence-electron chi connectivity index (χ2n) is 5.38. The first kappa shape index (κ1) is 12.1. The Hall–Kier alpha value is -1.96. The van der Waals surface area contributed by atoms with Crippen molar-refractivity contribution in [3.8, 4) is 5.75 Å². The summed E-state index contributed by atoms with van der Waals surface area (Å²) >= 11 is 0. The molecule has 3 rings (SSSR count). The van der Waals surface area contributed by atoms with E-state index in [-0.39, 0.29) is 0 Å². The van der Waals surface area contributed by atoms with Gasteiger partial charge < -0.3 is 10.4 Å². The van der Waals surface area contributed by atoms with Crippen LogP contribution in [0.3, 0.4) is 0 Å². The van der Waals surface area contributed by atoms with Crippen LogP contribution in [0.5, 0.6) is 5.75 Å². The van der Waals surface area contributed by atoms with E-state index in [0.717, 1.165) is 24.1 Å². The molecule has 2 N–H and O–H groups in total. The summed E-state index contributed by atoms with van der Waals surface area (Å²) in [6.07, 6.45) is 1.99. The van der Waals surface area contributed by atoms with Crippen LogP contribution in [-0.2, 0) is 6.42 Å². The molecule has 0 bridgehead atoms. The smallest absolute Gasteiger partial charge is 0.119 e. The molecule has 0 radical (unpaired) electrons. The first-order valence-electron chi connectivity index (χ1n) is 6.79. The minimum absolute atomic E-state index is 0.309. The molecule has 0 saturated heterocycles. The van der Waals surface area contributed by atoms with E-state index in [1.54, 1.807) is 6.07 Å². The number of hydrogen-bond acceptors (Lipinski definition) is 2. The lowest BCUT2D eigenvalue weighted by molar-refractivity contribution is 0.469. The zero-order valence-electron chi connectivity index (χ0n) is 11.4. The van der Waals surface area contributed by atoms with Gasteiger partial charge in [0.05, 0.1) is 6.04 Å². The largest absolute Gasteiger partial charge is 0.508 e. The Morgan fingerprint density at radius 2 is 1.95 bits per heavy atom. The van der Waals surface area contributed by atoms with Crippen molar-refractivity contribution in [3.05, 3.63) is 58.7 Å². The number of aryl methyl sites for hydroxylation is 2. The third-order valence-electron chi connectivity index (χ3n) is 4.09. The Morgan fingerprint density at radius 1 is 1.11 bits per heavy atom. The second-order valence-corrected chi connectivity index (χ2v) is 5.38. The van der Waals surface area contributed by atoms with E-state index in [0.29, 0.717) is 11.8 Å². The van der Waals surface area contributed by atoms with E-state index in [4.69, 9.17) is 0 Å². The third kappa shape index (κ3) is 2.19. The highest BCUT2D eigenvalue weighted by atomic mass is 16.3. The van der Waals surface area contributed by atoms with Gasteiger partial charge in [-0.1, -0.05) is 18.2 Å². The van der Waals surface area contributed by atoms with Crippen molar-refractivity contribution in [1.29, 1.82) is 0 Å². The molecule has 19 heavy (non-hydrogen) atoms. The first-order chi connectivity index (χ1) is 9.15. The number of aromatic hydroxyl groups is 1. The van der Waals surface area contributed by atoms with Crippen LogP contribution in [0.1, 0.15) is 34.7 Å². The SMILES string of the molecule is Cc1ccc(NC2CCc3c(O)cccc32)cc1C. The maximum Gasteiger partial charge on any atom is 0.119 e. The van der Waals surface area contributed by atoms with Crippen LogP contribution in [0.25, 0.3) is 0 Å². The molecule has 2 aromatic carbocycles. The Balaban J connectivity index is 1.86. The fraction of sp³-hybridized carbons (Fsp3) is 0.294. The highest BCUT2D eigenvalue weighted by molar-refractivity contribution is 5.53. The molecule has 0 saturated carbocycles. The zero-order valence-corrected chi connectivity index (χ0v) is 11.4. The van der Waals surface area contributed by atoms with Gasteiger partial charge in [-0.25, -0.2) is 0 Å². The minimum atomic E-state index is 0.309. The van der Waals surface area contributed by atoms with E-state index >= 15 is 0 Å². The number of hydrogen-bond donors (Lipinski definition) is 2. The molecule has 1 aliphatic rings. The van der Waals surface area contributed by atoms with Gasteiger partial charge in [0.15, 0.2) is 0 Å². The molecule has 2 nitrogen and oxygen atoms in total. The van der Waals surface area contributed by atoms with Crippen LogP contribution in [-0.4, -0.2) is 5.11 Å². The molecule has 0 amide bonds. The molecule has 2 aromatic rings. The van der Waals surface area contributed by atoms with Crippen molar-refractivity contribution in [2.45, 2.75) is 32.7 Å². The number of fused-ring (bicyclic) bond motifs is 1. The quantitative estimate of drug-likeness (QED) is 0.844. The van der Waals surface area contributed by atoms with Crippen molar-refractivity contribution >= 4 is 5.69 Å². The average molecular weight is 253 g/mol. The molecular weight excluding hydrogens is 234 g/mol. The summed E-state index contributed by atoms with van der Waals surface area (Å²) in [5.41, 5.74) is 6.11. The van der Waals surface area contributed by atoms with Gasteiger partial charge in [0, 0.05) is 5.69 Å². The van der Waals surface area contributed by atoms with Gasteiger partial charge in [-0.15, -0.1) is 0 Å². The van der Waals surface area contributed by atoms with Crippen LogP contribution in [0.15, 0.2) is 36.4 Å². The van der Waals surface area contributed by atoms with E-state index in [2.05, 4.69) is 43.4 Å².